The molecular weight excluding hydrogens is 763 g/mol. The summed E-state index contributed by atoms with van der Waals surface area (Å²) < 4.78 is 2.45. The molecule has 3 nitrogen and oxygen atoms in total. The molecule has 12 rings (SSSR count). The van der Waals surface area contributed by atoms with E-state index >= 15 is 0 Å². The Morgan fingerprint density at radius 3 is 1.65 bits per heavy atom. The van der Waals surface area contributed by atoms with Gasteiger partial charge in [0.1, 0.15) is 0 Å². The summed E-state index contributed by atoms with van der Waals surface area (Å²) in [4.78, 5) is 5.15. The Morgan fingerprint density at radius 2 is 1.02 bits per heavy atom. The first kappa shape index (κ1) is 37.9. The lowest BCUT2D eigenvalue weighted by atomic mass is 9.74. The van der Waals surface area contributed by atoms with Crippen LogP contribution >= 0.6 is 0 Å². The minimum atomic E-state index is -0.151. The molecule has 1 aromatic heterocycles. The van der Waals surface area contributed by atoms with Gasteiger partial charge in [-0.3, -0.25) is 0 Å². The molecule has 0 aliphatic heterocycles. The maximum absolute atomic E-state index is 2.65. The second-order valence-electron chi connectivity index (χ2n) is 18.3. The highest BCUT2D eigenvalue weighted by Gasteiger charge is 2.49. The Kier molecular flexibility index (Phi) is 9.32. The molecule has 0 unspecified atom stereocenters. The van der Waals surface area contributed by atoms with Gasteiger partial charge in [-0.15, -0.1) is 0 Å². The molecule has 9 aromatic rings. The Hall–Kier alpha value is -6.84. The highest BCUT2D eigenvalue weighted by molar-refractivity contribution is 6.13. The fourth-order valence-electron chi connectivity index (χ4n) is 12.2. The molecule has 63 heavy (non-hydrogen) atoms. The predicted molar refractivity (Wildman–Crippen MR) is 265 cm³/mol. The van der Waals surface area contributed by atoms with Crippen LogP contribution in [0, 0.1) is 6.92 Å². The third-order valence-corrected chi connectivity index (χ3v) is 14.9. The van der Waals surface area contributed by atoms with Crippen LogP contribution in [-0.2, 0) is 18.3 Å². The van der Waals surface area contributed by atoms with Gasteiger partial charge in [0.15, 0.2) is 0 Å². The van der Waals surface area contributed by atoms with Gasteiger partial charge < -0.3 is 14.4 Å². The molecule has 3 aliphatic carbocycles. The third kappa shape index (κ3) is 6.15. The molecule has 0 amide bonds. The van der Waals surface area contributed by atoms with Gasteiger partial charge in [-0.2, -0.15) is 0 Å². The van der Waals surface area contributed by atoms with E-state index in [1.54, 1.807) is 0 Å². The molecule has 308 valence electrons. The number of fused-ring (bicyclic) bond motifs is 7. The Labute approximate surface area is 371 Å². The third-order valence-electron chi connectivity index (χ3n) is 14.9. The normalized spacial score (nSPS) is 17.0. The summed E-state index contributed by atoms with van der Waals surface area (Å²) in [7, 11) is 0. The van der Waals surface area contributed by atoms with Crippen LogP contribution < -0.4 is 9.80 Å². The Balaban J connectivity index is 1.09. The van der Waals surface area contributed by atoms with Crippen LogP contribution in [0.15, 0.2) is 188 Å². The first-order valence-electron chi connectivity index (χ1n) is 23.3. The van der Waals surface area contributed by atoms with Crippen LogP contribution in [0.4, 0.5) is 34.1 Å². The Bertz CT molecular complexity index is 3060. The van der Waals surface area contributed by atoms with E-state index in [0.29, 0.717) is 5.92 Å². The van der Waals surface area contributed by atoms with Crippen LogP contribution in [-0.4, -0.2) is 4.57 Å². The largest absolute Gasteiger partial charge is 0.310 e. The van der Waals surface area contributed by atoms with Crippen LogP contribution in [0.1, 0.15) is 84.2 Å². The smallest absolute Gasteiger partial charge is 0.0545 e. The van der Waals surface area contributed by atoms with E-state index in [2.05, 4.69) is 209 Å². The highest BCUT2D eigenvalue weighted by Crippen LogP contribution is 2.60. The molecular formula is C60H53N3. The lowest BCUT2D eigenvalue weighted by Gasteiger charge is -2.37. The number of aryl methyl sites for hydroxylation is 3. The number of benzene rings is 8. The molecule has 0 saturated heterocycles. The molecule has 1 saturated carbocycles. The van der Waals surface area contributed by atoms with Gasteiger partial charge in [-0.25, -0.2) is 0 Å². The standard InChI is InChI=1S/C60H53N3/c1-42-52(36-37-54-57(42)51-28-14-15-29-53(51)63(54)49-26-12-5-13-27-49)62(50-34-32-44(33-35-50)43-18-6-2-7-19-43)56-31-17-21-46-39-41-60(59(46)56)40-38-45-20-16-30-55(58(45)60)61(47-22-8-3-9-23-47)48-24-10-4-11-25-48/h3-5,8-17,20-37,43H,2,6-7,18-19,38-41H2,1H3/t60-/m1/s1. The lowest BCUT2D eigenvalue weighted by molar-refractivity contribution is 0.443. The molecule has 3 heteroatoms. The van der Waals surface area contributed by atoms with Crippen molar-refractivity contribution in [3.05, 3.63) is 221 Å². The number of para-hydroxylation sites is 4. The molecule has 8 aromatic carbocycles. The van der Waals surface area contributed by atoms with Crippen molar-refractivity contribution in [2.75, 3.05) is 9.80 Å². The molecule has 1 heterocycles. The van der Waals surface area contributed by atoms with Crippen LogP contribution in [0.2, 0.25) is 0 Å². The van der Waals surface area contributed by atoms with Gasteiger partial charge in [0.2, 0.25) is 0 Å². The number of anilines is 6. The van der Waals surface area contributed by atoms with Gasteiger partial charge in [-0.05, 0) is 164 Å². The molecule has 1 spiro atoms. The maximum atomic E-state index is 2.65. The maximum Gasteiger partial charge on any atom is 0.0545 e. The number of rotatable bonds is 8. The van der Waals surface area contributed by atoms with Crippen molar-refractivity contribution in [1.29, 1.82) is 0 Å². The minimum Gasteiger partial charge on any atom is -0.310 e. The first-order chi connectivity index (χ1) is 31.2. The Morgan fingerprint density at radius 1 is 0.460 bits per heavy atom. The SMILES string of the molecule is Cc1c(N(c2ccc(C3CCCCC3)cc2)c2cccc3c2[C@]2(CCc4cccc(N(c5ccccc5)c5ccccc5)c42)CC3)ccc2c1c1ccccc1n2-c1ccccc1. The topological polar surface area (TPSA) is 11.4 Å². The second-order valence-corrected chi connectivity index (χ2v) is 18.3. The molecule has 0 radical (unpaired) electrons. The van der Waals surface area contributed by atoms with Crippen molar-refractivity contribution in [3.8, 4) is 5.69 Å². The lowest BCUT2D eigenvalue weighted by Crippen LogP contribution is -2.27. The monoisotopic (exact) mass is 815 g/mol. The summed E-state index contributed by atoms with van der Waals surface area (Å²) in [5.74, 6) is 0.651. The number of aromatic nitrogens is 1. The molecule has 0 bridgehead atoms. The van der Waals surface area contributed by atoms with Crippen LogP contribution in [0.25, 0.3) is 27.5 Å². The summed E-state index contributed by atoms with van der Waals surface area (Å²) in [5, 5.41) is 2.60. The fourth-order valence-corrected chi connectivity index (χ4v) is 12.2. The van der Waals surface area contributed by atoms with E-state index < -0.39 is 0 Å². The summed E-state index contributed by atoms with van der Waals surface area (Å²) in [6, 6.07) is 70.6. The van der Waals surface area contributed by atoms with Gasteiger partial charge >= 0.3 is 0 Å². The van der Waals surface area contributed by atoms with Crippen molar-refractivity contribution in [1.82, 2.24) is 4.57 Å². The van der Waals surface area contributed by atoms with Crippen molar-refractivity contribution < 1.29 is 0 Å². The summed E-state index contributed by atoms with van der Waals surface area (Å²) in [6.45, 7) is 2.36. The predicted octanol–water partition coefficient (Wildman–Crippen LogP) is 16.3. The van der Waals surface area contributed by atoms with E-state index in [4.69, 9.17) is 0 Å². The summed E-state index contributed by atoms with van der Waals surface area (Å²) in [6.07, 6.45) is 10.9. The van der Waals surface area contributed by atoms with Gasteiger partial charge in [0.05, 0.1) is 22.4 Å². The first-order valence-corrected chi connectivity index (χ1v) is 23.3. The summed E-state index contributed by atoms with van der Waals surface area (Å²) in [5.41, 5.74) is 19.7. The zero-order valence-corrected chi connectivity index (χ0v) is 36.2. The highest BCUT2D eigenvalue weighted by atomic mass is 15.2. The average Bonchev–Trinajstić information content (AvgIpc) is 4.04. The quantitative estimate of drug-likeness (QED) is 0.151. The van der Waals surface area contributed by atoms with Crippen LogP contribution in [0.5, 0.6) is 0 Å². The minimum absolute atomic E-state index is 0.151. The second kappa shape index (κ2) is 15.5. The molecule has 3 aliphatic rings. The van der Waals surface area contributed by atoms with Gasteiger partial charge in [0.25, 0.3) is 0 Å². The number of hydrogen-bond acceptors (Lipinski definition) is 2. The van der Waals surface area contributed by atoms with Gasteiger partial charge in [0, 0.05) is 44.6 Å². The van der Waals surface area contributed by atoms with E-state index in [0.717, 1.165) is 25.7 Å². The van der Waals surface area contributed by atoms with Crippen molar-refractivity contribution in [2.45, 2.75) is 76.0 Å². The van der Waals surface area contributed by atoms with E-state index in [1.165, 1.54) is 127 Å². The van der Waals surface area contributed by atoms with Crippen LogP contribution in [0.3, 0.4) is 0 Å². The van der Waals surface area contributed by atoms with E-state index in [1.807, 2.05) is 0 Å². The summed E-state index contributed by atoms with van der Waals surface area (Å²) >= 11 is 0. The molecule has 1 fully saturated rings. The van der Waals surface area contributed by atoms with E-state index in [-0.39, 0.29) is 5.41 Å². The van der Waals surface area contributed by atoms with Crippen molar-refractivity contribution >= 4 is 55.9 Å². The zero-order valence-electron chi connectivity index (χ0n) is 36.2. The molecule has 0 N–H and O–H groups in total. The number of hydrogen-bond donors (Lipinski definition) is 0. The fraction of sp³-hybridized carbons (Fsp3) is 0.200. The average molecular weight is 816 g/mol. The van der Waals surface area contributed by atoms with Crippen molar-refractivity contribution in [3.63, 3.8) is 0 Å². The van der Waals surface area contributed by atoms with Crippen molar-refractivity contribution in [2.24, 2.45) is 0 Å². The van der Waals surface area contributed by atoms with Gasteiger partial charge in [-0.1, -0.05) is 128 Å². The zero-order chi connectivity index (χ0) is 41.9. The molecule has 1 atom stereocenters. The van der Waals surface area contributed by atoms with E-state index in [9.17, 15) is 0 Å². The number of nitrogens with zero attached hydrogens (tertiary/aromatic N) is 3.